The Hall–Kier alpha value is -2.42. The predicted octanol–water partition coefficient (Wildman–Crippen LogP) is 8.60. The van der Waals surface area contributed by atoms with Crippen molar-refractivity contribution >= 4 is 19.9 Å². The van der Waals surface area contributed by atoms with Crippen molar-refractivity contribution in [2.45, 2.75) is 40.4 Å². The SMILES string of the molecule is Cc1ccc(SS(c2ccccc2)(c2ccc(C)cc2)c2ccc(C)cc2)cc1. The monoisotopic (exact) mass is 414 g/mol. The molecule has 0 nitrogen and oxygen atoms in total. The maximum absolute atomic E-state index is 2.32. The van der Waals surface area contributed by atoms with Crippen LogP contribution in [0.25, 0.3) is 0 Å². The molecule has 4 aromatic rings. The first-order chi connectivity index (χ1) is 14.1. The first kappa shape index (κ1) is 19.9. The molecule has 0 amide bonds. The molecule has 29 heavy (non-hydrogen) atoms. The van der Waals surface area contributed by atoms with Gasteiger partial charge in [0.25, 0.3) is 0 Å². The second-order valence-electron chi connectivity index (χ2n) is 7.39. The fraction of sp³-hybridized carbons (Fsp3) is 0.111. The third-order valence-electron chi connectivity index (χ3n) is 5.02. The Balaban J connectivity index is 1.99. The van der Waals surface area contributed by atoms with Crippen LogP contribution in [0.3, 0.4) is 0 Å². The summed E-state index contributed by atoms with van der Waals surface area (Å²) in [5.41, 5.74) is 3.87. The van der Waals surface area contributed by atoms with Crippen molar-refractivity contribution in [2.24, 2.45) is 0 Å². The van der Waals surface area contributed by atoms with Gasteiger partial charge in [-0.1, -0.05) is 82.1 Å². The zero-order chi connectivity index (χ0) is 20.3. The Bertz CT molecular complexity index is 1020. The van der Waals surface area contributed by atoms with Crippen LogP contribution in [-0.2, 0) is 0 Å². The van der Waals surface area contributed by atoms with Crippen molar-refractivity contribution in [3.63, 3.8) is 0 Å². The molecule has 0 saturated carbocycles. The summed E-state index contributed by atoms with van der Waals surface area (Å²) >= 11 is 0. The molecule has 0 aromatic heterocycles. The molecule has 0 heterocycles. The van der Waals surface area contributed by atoms with E-state index in [-0.39, 0.29) is 0 Å². The van der Waals surface area contributed by atoms with Gasteiger partial charge in [0.05, 0.1) is 0 Å². The summed E-state index contributed by atoms with van der Waals surface area (Å²) in [4.78, 5) is 5.43. The van der Waals surface area contributed by atoms with Gasteiger partial charge in [0.1, 0.15) is 0 Å². The van der Waals surface area contributed by atoms with Crippen LogP contribution in [0.1, 0.15) is 16.7 Å². The molecule has 0 radical (unpaired) electrons. The van der Waals surface area contributed by atoms with Crippen LogP contribution in [0, 0.1) is 20.8 Å². The molecule has 0 N–H and O–H groups in total. The molecule has 0 spiro atoms. The molecule has 4 rings (SSSR count). The molecule has 0 unspecified atom stereocenters. The van der Waals surface area contributed by atoms with Crippen molar-refractivity contribution in [3.05, 3.63) is 120 Å². The van der Waals surface area contributed by atoms with Gasteiger partial charge in [-0.25, -0.2) is 0 Å². The topological polar surface area (TPSA) is 0 Å². The summed E-state index contributed by atoms with van der Waals surface area (Å²) in [6.45, 7) is 6.45. The summed E-state index contributed by atoms with van der Waals surface area (Å²) in [7, 11) is 0.484. The van der Waals surface area contributed by atoms with Crippen LogP contribution in [0.2, 0.25) is 0 Å². The minimum Gasteiger partial charge on any atom is -0.106 e. The average Bonchev–Trinajstić information content (AvgIpc) is 2.75. The highest BCUT2D eigenvalue weighted by molar-refractivity contribution is 8.94. The van der Waals surface area contributed by atoms with E-state index in [2.05, 4.69) is 124 Å². The summed E-state index contributed by atoms with van der Waals surface area (Å²) < 4.78 is 0. The highest BCUT2D eigenvalue weighted by Crippen LogP contribution is 2.78. The van der Waals surface area contributed by atoms with E-state index >= 15 is 0 Å². The molecule has 146 valence electrons. The lowest BCUT2D eigenvalue weighted by atomic mass is 10.2. The van der Waals surface area contributed by atoms with Gasteiger partial charge in [0, 0.05) is 19.6 Å². The molecular formula is C27H26S2. The molecule has 2 heteroatoms. The van der Waals surface area contributed by atoms with Crippen molar-refractivity contribution < 1.29 is 0 Å². The van der Waals surface area contributed by atoms with Gasteiger partial charge in [-0.3, -0.25) is 0 Å². The molecule has 0 aliphatic rings. The molecule has 0 saturated heterocycles. The largest absolute Gasteiger partial charge is 0.106 e. The van der Waals surface area contributed by atoms with Gasteiger partial charge < -0.3 is 0 Å². The fourth-order valence-electron chi connectivity index (χ4n) is 3.36. The van der Waals surface area contributed by atoms with E-state index in [0.717, 1.165) is 0 Å². The lowest BCUT2D eigenvalue weighted by Crippen LogP contribution is -2.00. The Labute approximate surface area is 179 Å². The predicted molar refractivity (Wildman–Crippen MR) is 128 cm³/mol. The summed E-state index contributed by atoms with van der Waals surface area (Å²) in [6, 6.07) is 38.2. The average molecular weight is 415 g/mol. The van der Waals surface area contributed by atoms with Crippen LogP contribution in [0.5, 0.6) is 0 Å². The van der Waals surface area contributed by atoms with Crippen molar-refractivity contribution in [2.75, 3.05) is 0 Å². The van der Waals surface area contributed by atoms with Gasteiger partial charge >= 0.3 is 0 Å². The van der Waals surface area contributed by atoms with Gasteiger partial charge in [0.15, 0.2) is 0 Å². The van der Waals surface area contributed by atoms with Crippen LogP contribution >= 0.6 is 19.9 Å². The Morgan fingerprint density at radius 3 is 1.28 bits per heavy atom. The second-order valence-corrected chi connectivity index (χ2v) is 12.6. The third kappa shape index (κ3) is 4.14. The van der Waals surface area contributed by atoms with Gasteiger partial charge in [0.2, 0.25) is 0 Å². The van der Waals surface area contributed by atoms with E-state index in [1.807, 2.05) is 10.8 Å². The van der Waals surface area contributed by atoms with Gasteiger partial charge in [-0.05, 0) is 69.3 Å². The van der Waals surface area contributed by atoms with Crippen molar-refractivity contribution in [3.8, 4) is 0 Å². The first-order valence-electron chi connectivity index (χ1n) is 9.86. The maximum Gasteiger partial charge on any atom is 0.0177 e. The zero-order valence-electron chi connectivity index (χ0n) is 17.1. The zero-order valence-corrected chi connectivity index (χ0v) is 18.8. The standard InChI is InChI=1S/C27H26S2/c1-21-9-15-24(16-10-21)28-29(25-7-5-4-6-8-25,26-17-11-22(2)12-18-26)27-19-13-23(3)14-20-27/h4-20H,1-3H3. The Morgan fingerprint density at radius 2 is 0.828 bits per heavy atom. The smallest absolute Gasteiger partial charge is 0.0177 e. The molecule has 4 aromatic carbocycles. The Kier molecular flexibility index (Phi) is 5.84. The number of rotatable bonds is 5. The molecule has 0 fully saturated rings. The van der Waals surface area contributed by atoms with Crippen molar-refractivity contribution in [1.29, 1.82) is 0 Å². The molecule has 0 aliphatic carbocycles. The van der Waals surface area contributed by atoms with Crippen LogP contribution in [0.15, 0.2) is 123 Å². The van der Waals surface area contributed by atoms with Crippen LogP contribution in [-0.4, -0.2) is 0 Å². The minimum atomic E-state index is -1.52. The van der Waals surface area contributed by atoms with E-state index in [1.54, 1.807) is 0 Å². The normalized spacial score (nSPS) is 12.0. The van der Waals surface area contributed by atoms with E-state index in [4.69, 9.17) is 0 Å². The minimum absolute atomic E-state index is 1.29. The number of benzene rings is 4. The van der Waals surface area contributed by atoms with Gasteiger partial charge in [-0.15, -0.1) is 9.06 Å². The fourth-order valence-corrected chi connectivity index (χ4v) is 9.65. The highest BCUT2D eigenvalue weighted by Gasteiger charge is 2.32. The summed E-state index contributed by atoms with van der Waals surface area (Å²) in [5.74, 6) is 0. The maximum atomic E-state index is 2.32. The molecule has 0 atom stereocenters. The van der Waals surface area contributed by atoms with E-state index in [0.29, 0.717) is 0 Å². The van der Waals surface area contributed by atoms with E-state index < -0.39 is 9.06 Å². The van der Waals surface area contributed by atoms with E-state index in [9.17, 15) is 0 Å². The lowest BCUT2D eigenvalue weighted by molar-refractivity contribution is 1.29. The molecule has 0 bridgehead atoms. The summed E-state index contributed by atoms with van der Waals surface area (Å²) in [5, 5.41) is 0. The highest BCUT2D eigenvalue weighted by atomic mass is 33.2. The lowest BCUT2D eigenvalue weighted by Gasteiger charge is -2.40. The molecule has 0 aliphatic heterocycles. The number of hydrogen-bond acceptors (Lipinski definition) is 1. The third-order valence-corrected chi connectivity index (χ3v) is 11.6. The summed E-state index contributed by atoms with van der Waals surface area (Å²) in [6.07, 6.45) is 0. The number of hydrogen-bond donors (Lipinski definition) is 0. The van der Waals surface area contributed by atoms with E-state index in [1.165, 1.54) is 36.3 Å². The van der Waals surface area contributed by atoms with Crippen LogP contribution < -0.4 is 0 Å². The molecular weight excluding hydrogens is 388 g/mol. The van der Waals surface area contributed by atoms with Crippen molar-refractivity contribution in [1.82, 2.24) is 0 Å². The van der Waals surface area contributed by atoms with Gasteiger partial charge in [-0.2, -0.15) is 0 Å². The first-order valence-corrected chi connectivity index (χ1v) is 12.8. The second kappa shape index (κ2) is 8.52. The Morgan fingerprint density at radius 1 is 0.448 bits per heavy atom. The number of aryl methyl sites for hydroxylation is 3. The quantitative estimate of drug-likeness (QED) is 0.295. The van der Waals surface area contributed by atoms with Crippen LogP contribution in [0.4, 0.5) is 0 Å².